The van der Waals surface area contributed by atoms with Crippen molar-refractivity contribution in [1.29, 1.82) is 0 Å². The summed E-state index contributed by atoms with van der Waals surface area (Å²) in [4.78, 5) is 13.4. The molecule has 2 heteroatoms. The molecule has 1 heterocycles. The molecule has 2 rings (SSSR count). The molecule has 0 saturated carbocycles. The first-order chi connectivity index (χ1) is 6.77. The van der Waals surface area contributed by atoms with E-state index in [1.165, 1.54) is 5.56 Å². The molecule has 1 aliphatic rings. The Hall–Kier alpha value is -1.31. The van der Waals surface area contributed by atoms with E-state index in [1.807, 2.05) is 23.1 Å². The maximum atomic E-state index is 11.5. The second-order valence-electron chi connectivity index (χ2n) is 3.88. The number of amides is 1. The monoisotopic (exact) mass is 189 g/mol. The third-order valence-corrected chi connectivity index (χ3v) is 2.65. The molecule has 0 unspecified atom stereocenters. The lowest BCUT2D eigenvalue weighted by atomic mass is 10.1. The van der Waals surface area contributed by atoms with Crippen molar-refractivity contribution >= 4 is 5.91 Å². The topological polar surface area (TPSA) is 20.1 Å². The van der Waals surface area contributed by atoms with Gasteiger partial charge in [0.25, 0.3) is 0 Å². The van der Waals surface area contributed by atoms with Crippen molar-refractivity contribution in [2.45, 2.75) is 25.8 Å². The van der Waals surface area contributed by atoms with Crippen LogP contribution < -0.4 is 0 Å². The third kappa shape index (κ3) is 2.13. The van der Waals surface area contributed by atoms with Crippen LogP contribution in [0.5, 0.6) is 0 Å². The zero-order chi connectivity index (χ0) is 9.97. The highest BCUT2D eigenvalue weighted by Crippen LogP contribution is 2.18. The zero-order valence-corrected chi connectivity index (χ0v) is 8.44. The third-order valence-electron chi connectivity index (χ3n) is 2.65. The minimum absolute atomic E-state index is 0.293. The molecule has 1 aromatic carbocycles. The predicted octanol–water partition coefficient (Wildman–Crippen LogP) is 1.85. The summed E-state index contributed by atoms with van der Waals surface area (Å²) in [5.41, 5.74) is 1.25. The summed E-state index contributed by atoms with van der Waals surface area (Å²) in [5, 5.41) is 0. The normalized spacial score (nSPS) is 19.5. The van der Waals surface area contributed by atoms with Crippen molar-refractivity contribution in [2.75, 3.05) is 6.54 Å². The average Bonchev–Trinajstić information content (AvgIpc) is 2.94. The fourth-order valence-corrected chi connectivity index (χ4v) is 1.62. The fraction of sp³-hybridized carbons (Fsp3) is 0.417. The summed E-state index contributed by atoms with van der Waals surface area (Å²) in [5.74, 6) is 0.293. The van der Waals surface area contributed by atoms with Crippen molar-refractivity contribution in [1.82, 2.24) is 4.90 Å². The lowest BCUT2D eigenvalue weighted by Crippen LogP contribution is -2.12. The first-order valence-electron chi connectivity index (χ1n) is 5.11. The lowest BCUT2D eigenvalue weighted by molar-refractivity contribution is -0.126. The lowest BCUT2D eigenvalue weighted by Gasteiger charge is -2.02. The number of rotatable bonds is 3. The molecule has 1 fully saturated rings. The van der Waals surface area contributed by atoms with Gasteiger partial charge in [0.05, 0.1) is 0 Å². The van der Waals surface area contributed by atoms with Gasteiger partial charge in [0.15, 0.2) is 0 Å². The number of hydrogen-bond donors (Lipinski definition) is 0. The summed E-state index contributed by atoms with van der Waals surface area (Å²) in [6, 6.07) is 10.6. The molecule has 1 atom stereocenters. The second kappa shape index (κ2) is 3.82. The van der Waals surface area contributed by atoms with Crippen LogP contribution in [0, 0.1) is 0 Å². The van der Waals surface area contributed by atoms with Crippen LogP contribution in [0.4, 0.5) is 0 Å². The molecule has 0 aromatic heterocycles. The largest absolute Gasteiger partial charge is 0.336 e. The maximum Gasteiger partial charge on any atom is 0.223 e. The molecule has 1 saturated heterocycles. The minimum atomic E-state index is 0.293. The van der Waals surface area contributed by atoms with Gasteiger partial charge in [-0.15, -0.1) is 0 Å². The number of hydrogen-bond acceptors (Lipinski definition) is 1. The van der Waals surface area contributed by atoms with E-state index < -0.39 is 0 Å². The van der Waals surface area contributed by atoms with Crippen molar-refractivity contribution in [2.24, 2.45) is 0 Å². The summed E-state index contributed by atoms with van der Waals surface area (Å²) in [7, 11) is 0. The maximum absolute atomic E-state index is 11.5. The van der Waals surface area contributed by atoms with E-state index in [1.54, 1.807) is 0 Å². The van der Waals surface area contributed by atoms with Crippen LogP contribution in [0.25, 0.3) is 0 Å². The predicted molar refractivity (Wildman–Crippen MR) is 55.9 cm³/mol. The van der Waals surface area contributed by atoms with Crippen LogP contribution in [0.3, 0.4) is 0 Å². The summed E-state index contributed by atoms with van der Waals surface area (Å²) in [6.45, 7) is 3.04. The highest BCUT2D eigenvalue weighted by molar-refractivity contribution is 5.79. The Morgan fingerprint density at radius 3 is 2.64 bits per heavy atom. The van der Waals surface area contributed by atoms with Gasteiger partial charge in [-0.05, 0) is 18.9 Å². The Morgan fingerprint density at radius 1 is 1.43 bits per heavy atom. The van der Waals surface area contributed by atoms with Crippen molar-refractivity contribution < 1.29 is 4.79 Å². The van der Waals surface area contributed by atoms with E-state index in [-0.39, 0.29) is 0 Å². The summed E-state index contributed by atoms with van der Waals surface area (Å²) < 4.78 is 0. The van der Waals surface area contributed by atoms with Crippen LogP contribution in [-0.2, 0) is 11.2 Å². The van der Waals surface area contributed by atoms with Crippen molar-refractivity contribution in [3.63, 3.8) is 0 Å². The molecule has 0 radical (unpaired) electrons. The van der Waals surface area contributed by atoms with Crippen LogP contribution in [0.1, 0.15) is 18.9 Å². The van der Waals surface area contributed by atoms with Gasteiger partial charge in [0.2, 0.25) is 5.91 Å². The highest BCUT2D eigenvalue weighted by atomic mass is 16.2. The molecule has 0 N–H and O–H groups in total. The summed E-state index contributed by atoms with van der Waals surface area (Å²) >= 11 is 0. The zero-order valence-electron chi connectivity index (χ0n) is 8.44. The van der Waals surface area contributed by atoms with E-state index in [0.29, 0.717) is 18.4 Å². The molecule has 14 heavy (non-hydrogen) atoms. The second-order valence-corrected chi connectivity index (χ2v) is 3.88. The Balaban J connectivity index is 1.80. The fourth-order valence-electron chi connectivity index (χ4n) is 1.62. The summed E-state index contributed by atoms with van der Waals surface area (Å²) in [6.07, 6.45) is 1.51. The van der Waals surface area contributed by atoms with Gasteiger partial charge in [-0.2, -0.15) is 0 Å². The van der Waals surface area contributed by atoms with Crippen molar-refractivity contribution in [3.8, 4) is 0 Å². The Bertz CT molecular complexity index is 320. The quantitative estimate of drug-likeness (QED) is 0.664. The Labute approximate surface area is 84.5 Å². The Kier molecular flexibility index (Phi) is 2.53. The van der Waals surface area contributed by atoms with Crippen LogP contribution >= 0.6 is 0 Å². The number of nitrogens with zero attached hydrogens (tertiary/aromatic N) is 1. The number of carbonyl (C=O) groups is 1. The number of aryl methyl sites for hydroxylation is 1. The van der Waals surface area contributed by atoms with E-state index in [4.69, 9.17) is 0 Å². The first kappa shape index (κ1) is 9.25. The number of benzene rings is 1. The van der Waals surface area contributed by atoms with Crippen LogP contribution in [0.2, 0.25) is 0 Å². The van der Waals surface area contributed by atoms with Gasteiger partial charge < -0.3 is 4.90 Å². The molecule has 1 amide bonds. The van der Waals surface area contributed by atoms with Crippen molar-refractivity contribution in [3.05, 3.63) is 35.9 Å². The molecule has 2 nitrogen and oxygen atoms in total. The smallest absolute Gasteiger partial charge is 0.223 e. The molecule has 1 aromatic rings. The van der Waals surface area contributed by atoms with Gasteiger partial charge in [0, 0.05) is 19.0 Å². The number of carbonyl (C=O) groups excluding carboxylic acids is 1. The molecular formula is C12H15NO. The molecule has 74 valence electrons. The van der Waals surface area contributed by atoms with Gasteiger partial charge in [-0.1, -0.05) is 30.3 Å². The molecular weight excluding hydrogens is 174 g/mol. The van der Waals surface area contributed by atoms with E-state index in [2.05, 4.69) is 19.1 Å². The standard InChI is InChI=1S/C12H15NO/c1-10-9-13(10)12(14)8-7-11-5-3-2-4-6-11/h2-6,10H,7-9H2,1H3/t10-,13?/m0/s1. The first-order valence-corrected chi connectivity index (χ1v) is 5.11. The average molecular weight is 189 g/mol. The minimum Gasteiger partial charge on any atom is -0.336 e. The molecule has 0 spiro atoms. The van der Waals surface area contributed by atoms with Gasteiger partial charge in [-0.3, -0.25) is 4.79 Å². The van der Waals surface area contributed by atoms with Gasteiger partial charge in [-0.25, -0.2) is 0 Å². The molecule has 0 aliphatic carbocycles. The SMILES string of the molecule is C[C@H]1CN1C(=O)CCc1ccccc1. The van der Waals surface area contributed by atoms with E-state index in [0.717, 1.165) is 13.0 Å². The van der Waals surface area contributed by atoms with Crippen LogP contribution in [0.15, 0.2) is 30.3 Å². The highest BCUT2D eigenvalue weighted by Gasteiger charge is 2.33. The van der Waals surface area contributed by atoms with Crippen LogP contribution in [-0.4, -0.2) is 23.4 Å². The van der Waals surface area contributed by atoms with E-state index in [9.17, 15) is 4.79 Å². The van der Waals surface area contributed by atoms with Gasteiger partial charge in [0.1, 0.15) is 0 Å². The Morgan fingerprint density at radius 2 is 2.07 bits per heavy atom. The van der Waals surface area contributed by atoms with Gasteiger partial charge >= 0.3 is 0 Å². The molecule has 1 aliphatic heterocycles. The molecule has 0 bridgehead atoms. The van der Waals surface area contributed by atoms with E-state index >= 15 is 0 Å².